The van der Waals surface area contributed by atoms with Crippen molar-refractivity contribution in [3.63, 3.8) is 0 Å². The van der Waals surface area contributed by atoms with Crippen LogP contribution < -0.4 is 9.47 Å². The van der Waals surface area contributed by atoms with Gasteiger partial charge in [-0.3, -0.25) is 24.6 Å². The number of ether oxygens (including phenoxy) is 2. The van der Waals surface area contributed by atoms with Crippen molar-refractivity contribution in [3.05, 3.63) is 105 Å². The molecule has 0 aliphatic carbocycles. The number of hydrogen-bond donors (Lipinski definition) is 0. The van der Waals surface area contributed by atoms with Crippen LogP contribution in [-0.4, -0.2) is 34.2 Å². The number of hydrogen-bond acceptors (Lipinski definition) is 7. The number of para-hydroxylation sites is 1. The van der Waals surface area contributed by atoms with E-state index < -0.39 is 10.8 Å². The smallest absolute Gasteiger partial charge is 0.293 e. The van der Waals surface area contributed by atoms with Gasteiger partial charge in [0.2, 0.25) is 0 Å². The lowest BCUT2D eigenvalue weighted by Crippen LogP contribution is -2.27. The summed E-state index contributed by atoms with van der Waals surface area (Å²) in [6.07, 6.45) is 1.65. The summed E-state index contributed by atoms with van der Waals surface area (Å²) in [5.74, 6) is 0.982. The van der Waals surface area contributed by atoms with E-state index in [9.17, 15) is 19.7 Å². The molecule has 1 aliphatic heterocycles. The summed E-state index contributed by atoms with van der Waals surface area (Å²) >= 11 is 0.858. The second kappa shape index (κ2) is 10.7. The maximum atomic E-state index is 12.8. The highest BCUT2D eigenvalue weighted by Crippen LogP contribution is 2.33. The fourth-order valence-corrected chi connectivity index (χ4v) is 4.06. The highest BCUT2D eigenvalue weighted by atomic mass is 32.2. The summed E-state index contributed by atoms with van der Waals surface area (Å²) < 4.78 is 11.3. The van der Waals surface area contributed by atoms with Crippen molar-refractivity contribution in [1.29, 1.82) is 0 Å². The number of non-ortho nitro benzene ring substituents is 1. The molecule has 4 rings (SSSR count). The van der Waals surface area contributed by atoms with E-state index in [2.05, 4.69) is 0 Å². The molecule has 172 valence electrons. The first-order valence-corrected chi connectivity index (χ1v) is 11.2. The molecule has 0 radical (unpaired) electrons. The van der Waals surface area contributed by atoms with Gasteiger partial charge in [0, 0.05) is 12.1 Å². The molecule has 0 spiro atoms. The van der Waals surface area contributed by atoms with Crippen molar-refractivity contribution in [3.8, 4) is 11.5 Å². The molecule has 8 nitrogen and oxygen atoms in total. The molecule has 0 bridgehead atoms. The Morgan fingerprint density at radius 3 is 2.26 bits per heavy atom. The number of nitrogens with zero attached hydrogens (tertiary/aromatic N) is 2. The van der Waals surface area contributed by atoms with Gasteiger partial charge in [-0.1, -0.05) is 42.5 Å². The van der Waals surface area contributed by atoms with Crippen LogP contribution >= 0.6 is 11.8 Å². The second-order valence-corrected chi connectivity index (χ2v) is 8.27. The van der Waals surface area contributed by atoms with Gasteiger partial charge < -0.3 is 9.47 Å². The summed E-state index contributed by atoms with van der Waals surface area (Å²) in [7, 11) is 0. The molecule has 34 heavy (non-hydrogen) atoms. The number of imide groups is 1. The SMILES string of the molecule is O=C1S/C(=C/c2cccc(OCCOc3ccccc3)c2)C(=O)N1Cc1ccc([N+](=O)[O-])cc1. The van der Waals surface area contributed by atoms with E-state index in [4.69, 9.17) is 9.47 Å². The Morgan fingerprint density at radius 1 is 0.882 bits per heavy atom. The van der Waals surface area contributed by atoms with Crippen LogP contribution in [0.25, 0.3) is 6.08 Å². The van der Waals surface area contributed by atoms with Crippen molar-refractivity contribution in [2.45, 2.75) is 6.54 Å². The first-order chi connectivity index (χ1) is 16.5. The Balaban J connectivity index is 1.36. The standard InChI is InChI=1S/C25H20N2O6S/c28-24-23(34-25(29)26(24)17-18-9-11-20(12-10-18)27(30)31)16-19-5-4-8-22(15-19)33-14-13-32-21-6-2-1-3-7-21/h1-12,15-16H,13-14,17H2/b23-16+. The third-order valence-corrected chi connectivity index (χ3v) is 5.79. The van der Waals surface area contributed by atoms with Crippen LogP contribution in [0, 0.1) is 10.1 Å². The van der Waals surface area contributed by atoms with Crippen molar-refractivity contribution in [2.75, 3.05) is 13.2 Å². The lowest BCUT2D eigenvalue weighted by atomic mass is 10.2. The molecule has 0 aromatic heterocycles. The molecular weight excluding hydrogens is 456 g/mol. The largest absolute Gasteiger partial charge is 0.490 e. The molecule has 0 N–H and O–H groups in total. The van der Waals surface area contributed by atoms with Crippen molar-refractivity contribution >= 4 is 34.7 Å². The van der Waals surface area contributed by atoms with Gasteiger partial charge in [-0.15, -0.1) is 0 Å². The molecule has 1 aliphatic rings. The topological polar surface area (TPSA) is 99.0 Å². The van der Waals surface area contributed by atoms with Crippen LogP contribution in [0.2, 0.25) is 0 Å². The Bertz CT molecular complexity index is 1230. The van der Waals surface area contributed by atoms with Gasteiger partial charge in [0.1, 0.15) is 24.7 Å². The minimum Gasteiger partial charge on any atom is -0.490 e. The Kier molecular flexibility index (Phi) is 7.24. The first kappa shape index (κ1) is 23.1. The third kappa shape index (κ3) is 5.81. The average Bonchev–Trinajstić information content (AvgIpc) is 3.10. The predicted molar refractivity (Wildman–Crippen MR) is 128 cm³/mol. The second-order valence-electron chi connectivity index (χ2n) is 7.27. The lowest BCUT2D eigenvalue weighted by Gasteiger charge is -2.12. The number of amides is 2. The average molecular weight is 477 g/mol. The molecule has 3 aromatic rings. The molecular formula is C25H20N2O6S. The highest BCUT2D eigenvalue weighted by molar-refractivity contribution is 8.18. The molecule has 1 saturated heterocycles. The van der Waals surface area contributed by atoms with Crippen LogP contribution in [0.1, 0.15) is 11.1 Å². The van der Waals surface area contributed by atoms with Crippen LogP contribution in [0.15, 0.2) is 83.8 Å². The van der Waals surface area contributed by atoms with Crippen LogP contribution in [-0.2, 0) is 11.3 Å². The predicted octanol–water partition coefficient (Wildman–Crippen LogP) is 5.29. The van der Waals surface area contributed by atoms with Gasteiger partial charge in [0.15, 0.2) is 0 Å². The first-order valence-electron chi connectivity index (χ1n) is 10.4. The third-order valence-electron chi connectivity index (χ3n) is 4.88. The Hall–Kier alpha value is -4.11. The van der Waals surface area contributed by atoms with Gasteiger partial charge >= 0.3 is 0 Å². The number of nitro groups is 1. The summed E-state index contributed by atoms with van der Waals surface area (Å²) in [4.78, 5) is 36.9. The maximum Gasteiger partial charge on any atom is 0.293 e. The summed E-state index contributed by atoms with van der Waals surface area (Å²) in [6.45, 7) is 0.782. The van der Waals surface area contributed by atoms with Gasteiger partial charge in [-0.25, -0.2) is 0 Å². The molecule has 3 aromatic carbocycles. The number of thioether (sulfide) groups is 1. The molecule has 2 amide bonds. The molecule has 1 heterocycles. The van der Waals surface area contributed by atoms with E-state index >= 15 is 0 Å². The van der Waals surface area contributed by atoms with Crippen molar-refractivity contribution in [1.82, 2.24) is 4.90 Å². The van der Waals surface area contributed by atoms with Crippen LogP contribution in [0.3, 0.4) is 0 Å². The van der Waals surface area contributed by atoms with Crippen LogP contribution in [0.5, 0.6) is 11.5 Å². The fourth-order valence-electron chi connectivity index (χ4n) is 3.22. The van der Waals surface area contributed by atoms with E-state index in [0.29, 0.717) is 29.4 Å². The van der Waals surface area contributed by atoms with Gasteiger partial charge in [-0.05, 0) is 53.2 Å². The van der Waals surface area contributed by atoms with E-state index in [-0.39, 0.29) is 17.5 Å². The molecule has 0 unspecified atom stereocenters. The van der Waals surface area contributed by atoms with E-state index in [1.165, 1.54) is 24.3 Å². The zero-order valence-corrected chi connectivity index (χ0v) is 18.8. The fraction of sp³-hybridized carbons (Fsp3) is 0.120. The zero-order valence-electron chi connectivity index (χ0n) is 18.0. The normalized spacial score (nSPS) is 14.5. The monoisotopic (exact) mass is 476 g/mol. The van der Waals surface area contributed by atoms with E-state index in [1.807, 2.05) is 36.4 Å². The number of carbonyl (C=O) groups is 2. The molecule has 0 atom stereocenters. The molecule has 9 heteroatoms. The summed E-state index contributed by atoms with van der Waals surface area (Å²) in [5, 5.41) is 10.4. The maximum absolute atomic E-state index is 12.8. The number of rotatable bonds is 9. The number of carbonyl (C=O) groups excluding carboxylic acids is 2. The quantitative estimate of drug-likeness (QED) is 0.179. The molecule has 1 fully saturated rings. The van der Waals surface area contributed by atoms with E-state index in [0.717, 1.165) is 28.0 Å². The number of nitro benzene ring substituents is 1. The minimum absolute atomic E-state index is 0.0462. The van der Waals surface area contributed by atoms with Crippen molar-refractivity contribution < 1.29 is 24.0 Å². The molecule has 0 saturated carbocycles. The van der Waals surface area contributed by atoms with Crippen molar-refractivity contribution in [2.24, 2.45) is 0 Å². The Labute approximate surface area is 199 Å². The summed E-state index contributed by atoms with van der Waals surface area (Å²) in [5.41, 5.74) is 1.30. The summed E-state index contributed by atoms with van der Waals surface area (Å²) in [6, 6.07) is 22.4. The van der Waals surface area contributed by atoms with E-state index in [1.54, 1.807) is 24.3 Å². The Morgan fingerprint density at radius 2 is 1.56 bits per heavy atom. The lowest BCUT2D eigenvalue weighted by molar-refractivity contribution is -0.384. The zero-order chi connectivity index (χ0) is 23.9. The number of benzene rings is 3. The highest BCUT2D eigenvalue weighted by Gasteiger charge is 2.35. The van der Waals surface area contributed by atoms with Gasteiger partial charge in [0.25, 0.3) is 16.8 Å². The van der Waals surface area contributed by atoms with Gasteiger partial charge in [-0.2, -0.15) is 0 Å². The van der Waals surface area contributed by atoms with Crippen LogP contribution in [0.4, 0.5) is 10.5 Å². The minimum atomic E-state index is -0.499. The van der Waals surface area contributed by atoms with Gasteiger partial charge in [0.05, 0.1) is 16.4 Å².